The molecule has 0 aliphatic rings. The van der Waals surface area contributed by atoms with Crippen LogP contribution in [-0.4, -0.2) is 24.6 Å². The van der Waals surface area contributed by atoms with Crippen LogP contribution in [0.5, 0.6) is 0 Å². The largest absolute Gasteiger partial charge is 0.376 e. The van der Waals surface area contributed by atoms with Gasteiger partial charge < -0.3 is 9.47 Å². The molecule has 1 atom stereocenters. The SMILES string of the molecule is CC(C)OCCOC(CBr)c1ccc(F)cc1. The molecule has 1 unspecified atom stereocenters. The molecule has 0 aromatic heterocycles. The highest BCUT2D eigenvalue weighted by Gasteiger charge is 2.10. The molecule has 0 fully saturated rings. The molecule has 0 heterocycles. The maximum atomic E-state index is 12.8. The summed E-state index contributed by atoms with van der Waals surface area (Å²) >= 11 is 3.39. The molecule has 0 bridgehead atoms. The minimum Gasteiger partial charge on any atom is -0.376 e. The van der Waals surface area contributed by atoms with Crippen LogP contribution >= 0.6 is 15.9 Å². The van der Waals surface area contributed by atoms with Gasteiger partial charge in [0.25, 0.3) is 0 Å². The first-order chi connectivity index (χ1) is 8.13. The summed E-state index contributed by atoms with van der Waals surface area (Å²) in [5.41, 5.74) is 0.966. The van der Waals surface area contributed by atoms with Crippen molar-refractivity contribution in [1.29, 1.82) is 0 Å². The van der Waals surface area contributed by atoms with Gasteiger partial charge in [0.2, 0.25) is 0 Å². The Balaban J connectivity index is 2.40. The Kier molecular flexibility index (Phi) is 6.70. The Bertz CT molecular complexity index is 314. The number of ether oxygens (including phenoxy) is 2. The molecule has 0 amide bonds. The molecular formula is C13H18BrFO2. The van der Waals surface area contributed by atoms with Crippen LogP contribution in [0.3, 0.4) is 0 Å². The van der Waals surface area contributed by atoms with Crippen LogP contribution in [0.15, 0.2) is 24.3 Å². The first-order valence-corrected chi connectivity index (χ1v) is 6.80. The van der Waals surface area contributed by atoms with E-state index in [0.717, 1.165) is 5.56 Å². The van der Waals surface area contributed by atoms with E-state index in [1.54, 1.807) is 12.1 Å². The van der Waals surface area contributed by atoms with Crippen molar-refractivity contribution < 1.29 is 13.9 Å². The molecule has 0 saturated heterocycles. The van der Waals surface area contributed by atoms with Crippen molar-refractivity contribution >= 4 is 15.9 Å². The minimum atomic E-state index is -0.231. The number of hydrogen-bond acceptors (Lipinski definition) is 2. The molecule has 1 rings (SSSR count). The third-order valence-corrected chi connectivity index (χ3v) is 2.82. The van der Waals surface area contributed by atoms with Crippen molar-refractivity contribution in [3.05, 3.63) is 35.6 Å². The molecule has 1 aromatic carbocycles. The lowest BCUT2D eigenvalue weighted by atomic mass is 10.1. The summed E-state index contributed by atoms with van der Waals surface area (Å²) in [6.07, 6.45) is 0.151. The van der Waals surface area contributed by atoms with Gasteiger partial charge in [0.05, 0.1) is 25.4 Å². The predicted molar refractivity (Wildman–Crippen MR) is 70.0 cm³/mol. The van der Waals surface area contributed by atoms with Gasteiger partial charge in [0.1, 0.15) is 5.82 Å². The van der Waals surface area contributed by atoms with Gasteiger partial charge in [-0.2, -0.15) is 0 Å². The van der Waals surface area contributed by atoms with Crippen molar-refractivity contribution in [2.75, 3.05) is 18.5 Å². The standard InChI is InChI=1S/C13H18BrFO2/c1-10(2)16-7-8-17-13(9-14)11-3-5-12(15)6-4-11/h3-6,10,13H,7-9H2,1-2H3. The summed E-state index contributed by atoms with van der Waals surface area (Å²) in [4.78, 5) is 0. The van der Waals surface area contributed by atoms with Gasteiger partial charge in [-0.1, -0.05) is 28.1 Å². The second-order valence-corrected chi connectivity index (χ2v) is 4.63. The number of rotatable bonds is 7. The number of alkyl halides is 1. The van der Waals surface area contributed by atoms with E-state index in [2.05, 4.69) is 15.9 Å². The van der Waals surface area contributed by atoms with Gasteiger partial charge in [-0.3, -0.25) is 0 Å². The molecule has 0 aliphatic carbocycles. The summed E-state index contributed by atoms with van der Waals surface area (Å²) in [6, 6.07) is 6.37. The summed E-state index contributed by atoms with van der Waals surface area (Å²) in [5.74, 6) is -0.231. The zero-order chi connectivity index (χ0) is 12.7. The van der Waals surface area contributed by atoms with Crippen LogP contribution < -0.4 is 0 Å². The highest BCUT2D eigenvalue weighted by Crippen LogP contribution is 2.19. The maximum Gasteiger partial charge on any atom is 0.123 e. The average molecular weight is 305 g/mol. The predicted octanol–water partition coefficient (Wildman–Crippen LogP) is 3.70. The average Bonchev–Trinajstić information content (AvgIpc) is 2.30. The Hall–Kier alpha value is -0.450. The summed E-state index contributed by atoms with van der Waals surface area (Å²) in [5, 5.41) is 0.681. The van der Waals surface area contributed by atoms with Crippen molar-refractivity contribution in [3.8, 4) is 0 Å². The summed E-state index contributed by atoms with van der Waals surface area (Å²) in [6.45, 7) is 5.08. The second-order valence-electron chi connectivity index (χ2n) is 3.98. The molecule has 4 heteroatoms. The second kappa shape index (κ2) is 7.80. The van der Waals surface area contributed by atoms with E-state index in [4.69, 9.17) is 9.47 Å². The van der Waals surface area contributed by atoms with E-state index in [0.29, 0.717) is 18.5 Å². The fraction of sp³-hybridized carbons (Fsp3) is 0.538. The highest BCUT2D eigenvalue weighted by atomic mass is 79.9. The molecule has 1 aromatic rings. The molecule has 17 heavy (non-hydrogen) atoms. The molecule has 2 nitrogen and oxygen atoms in total. The van der Waals surface area contributed by atoms with Gasteiger partial charge in [0, 0.05) is 5.33 Å². The molecule has 0 N–H and O–H groups in total. The van der Waals surface area contributed by atoms with Crippen LogP contribution in [0.25, 0.3) is 0 Å². The first-order valence-electron chi connectivity index (χ1n) is 5.68. The van der Waals surface area contributed by atoms with Crippen LogP contribution in [0.2, 0.25) is 0 Å². The van der Waals surface area contributed by atoms with Crippen LogP contribution in [0, 0.1) is 5.82 Å². The third kappa shape index (κ3) is 5.61. The Morgan fingerprint density at radius 3 is 2.24 bits per heavy atom. The zero-order valence-electron chi connectivity index (χ0n) is 10.2. The van der Waals surface area contributed by atoms with Crippen molar-refractivity contribution in [2.45, 2.75) is 26.1 Å². The minimum absolute atomic E-state index is 0.0636. The summed E-state index contributed by atoms with van der Waals surface area (Å²) < 4.78 is 23.8. The fourth-order valence-corrected chi connectivity index (χ4v) is 1.94. The Labute approximate surface area is 110 Å². The Morgan fingerprint density at radius 2 is 1.71 bits per heavy atom. The van der Waals surface area contributed by atoms with E-state index in [1.807, 2.05) is 13.8 Å². The third-order valence-electron chi connectivity index (χ3n) is 2.24. The van der Waals surface area contributed by atoms with E-state index in [-0.39, 0.29) is 18.0 Å². The molecule has 0 spiro atoms. The fourth-order valence-electron chi connectivity index (χ4n) is 1.38. The molecule has 96 valence electrons. The number of benzene rings is 1. The normalized spacial score (nSPS) is 13.0. The topological polar surface area (TPSA) is 18.5 Å². The van der Waals surface area contributed by atoms with Gasteiger partial charge in [-0.25, -0.2) is 4.39 Å². The van der Waals surface area contributed by atoms with Gasteiger partial charge in [0.15, 0.2) is 0 Å². The number of hydrogen-bond donors (Lipinski definition) is 0. The molecular weight excluding hydrogens is 287 g/mol. The van der Waals surface area contributed by atoms with E-state index >= 15 is 0 Å². The lowest BCUT2D eigenvalue weighted by molar-refractivity contribution is -0.00554. The molecule has 0 aliphatic heterocycles. The van der Waals surface area contributed by atoms with Gasteiger partial charge in [-0.05, 0) is 31.5 Å². The van der Waals surface area contributed by atoms with Crippen molar-refractivity contribution in [1.82, 2.24) is 0 Å². The van der Waals surface area contributed by atoms with E-state index in [1.165, 1.54) is 12.1 Å². The quantitative estimate of drug-likeness (QED) is 0.565. The highest BCUT2D eigenvalue weighted by molar-refractivity contribution is 9.09. The summed E-state index contributed by atoms with van der Waals surface area (Å²) in [7, 11) is 0. The van der Waals surface area contributed by atoms with E-state index < -0.39 is 0 Å². The maximum absolute atomic E-state index is 12.8. The molecule has 0 radical (unpaired) electrons. The van der Waals surface area contributed by atoms with E-state index in [9.17, 15) is 4.39 Å². The monoisotopic (exact) mass is 304 g/mol. The smallest absolute Gasteiger partial charge is 0.123 e. The van der Waals surface area contributed by atoms with Crippen LogP contribution in [-0.2, 0) is 9.47 Å². The van der Waals surface area contributed by atoms with Crippen LogP contribution in [0.1, 0.15) is 25.5 Å². The lowest BCUT2D eigenvalue weighted by Gasteiger charge is -2.16. The van der Waals surface area contributed by atoms with Crippen LogP contribution in [0.4, 0.5) is 4.39 Å². The first kappa shape index (κ1) is 14.6. The number of halogens is 2. The zero-order valence-corrected chi connectivity index (χ0v) is 11.7. The van der Waals surface area contributed by atoms with Crippen molar-refractivity contribution in [2.24, 2.45) is 0 Å². The van der Waals surface area contributed by atoms with Gasteiger partial charge >= 0.3 is 0 Å². The lowest BCUT2D eigenvalue weighted by Crippen LogP contribution is -2.13. The Morgan fingerprint density at radius 1 is 1.12 bits per heavy atom. The molecule has 0 saturated carbocycles. The van der Waals surface area contributed by atoms with Gasteiger partial charge in [-0.15, -0.1) is 0 Å². The van der Waals surface area contributed by atoms with Crippen molar-refractivity contribution in [3.63, 3.8) is 0 Å².